The molecule has 1 amide bonds. The van der Waals surface area contributed by atoms with Gasteiger partial charge in [-0.2, -0.15) is 0 Å². The van der Waals surface area contributed by atoms with E-state index in [1.807, 2.05) is 65.7 Å². The van der Waals surface area contributed by atoms with E-state index >= 15 is 0 Å². The van der Waals surface area contributed by atoms with E-state index in [4.69, 9.17) is 11.6 Å². The van der Waals surface area contributed by atoms with Crippen LogP contribution in [0.15, 0.2) is 53.7 Å². The van der Waals surface area contributed by atoms with Gasteiger partial charge in [0.2, 0.25) is 5.91 Å². The van der Waals surface area contributed by atoms with E-state index in [9.17, 15) is 4.79 Å². The molecule has 0 saturated carbocycles. The van der Waals surface area contributed by atoms with Crippen molar-refractivity contribution < 1.29 is 4.79 Å². The van der Waals surface area contributed by atoms with Crippen LogP contribution in [0.25, 0.3) is 11.0 Å². The number of nitrogens with zero attached hydrogens (tertiary/aromatic N) is 2. The summed E-state index contributed by atoms with van der Waals surface area (Å²) in [6.45, 7) is 1.90. The van der Waals surface area contributed by atoms with Crippen LogP contribution in [0.1, 0.15) is 31.0 Å². The lowest BCUT2D eigenvalue weighted by molar-refractivity contribution is -0.124. The topological polar surface area (TPSA) is 46.9 Å². The second-order valence-corrected chi connectivity index (χ2v) is 7.77. The van der Waals surface area contributed by atoms with Crippen molar-refractivity contribution in [2.45, 2.75) is 30.3 Å². The minimum absolute atomic E-state index is 0.000291. The Hall–Kier alpha value is -1.98. The van der Waals surface area contributed by atoms with Gasteiger partial charge < -0.3 is 9.88 Å². The maximum absolute atomic E-state index is 12.8. The molecule has 6 heteroatoms. The number of carbonyl (C=O) groups is 1. The summed E-state index contributed by atoms with van der Waals surface area (Å²) in [4.78, 5) is 18.4. The Balaban J connectivity index is 1.58. The molecule has 2 heterocycles. The van der Waals surface area contributed by atoms with Crippen LogP contribution < -0.4 is 5.32 Å². The van der Waals surface area contributed by atoms with E-state index < -0.39 is 0 Å². The maximum Gasteiger partial charge on any atom is 0.243 e. The van der Waals surface area contributed by atoms with Gasteiger partial charge in [-0.3, -0.25) is 4.79 Å². The van der Waals surface area contributed by atoms with Gasteiger partial charge in [-0.25, -0.2) is 4.98 Å². The predicted octanol–water partition coefficient (Wildman–Crippen LogP) is 4.60. The van der Waals surface area contributed by atoms with Gasteiger partial charge in [0.25, 0.3) is 0 Å². The molecule has 0 unspecified atom stereocenters. The SMILES string of the molecule is C[C@@H](C(=O)N[C@@H]1CCSc2ccc(Cl)cc21)n1cnc2ccccc21. The van der Waals surface area contributed by atoms with Gasteiger partial charge >= 0.3 is 0 Å². The molecule has 1 aliphatic heterocycles. The van der Waals surface area contributed by atoms with E-state index in [2.05, 4.69) is 10.3 Å². The molecule has 0 fully saturated rings. The maximum atomic E-state index is 12.8. The van der Waals surface area contributed by atoms with Gasteiger partial charge in [0, 0.05) is 15.7 Å². The number of benzene rings is 2. The van der Waals surface area contributed by atoms with Gasteiger partial charge in [0.05, 0.1) is 23.4 Å². The molecule has 0 aliphatic carbocycles. The highest BCUT2D eigenvalue weighted by Gasteiger charge is 2.25. The zero-order valence-electron chi connectivity index (χ0n) is 13.8. The highest BCUT2D eigenvalue weighted by atomic mass is 35.5. The summed E-state index contributed by atoms with van der Waals surface area (Å²) >= 11 is 7.96. The lowest BCUT2D eigenvalue weighted by Gasteiger charge is -2.27. The van der Waals surface area contributed by atoms with E-state index in [0.717, 1.165) is 28.8 Å². The number of hydrogen-bond acceptors (Lipinski definition) is 3. The Labute approximate surface area is 155 Å². The quantitative estimate of drug-likeness (QED) is 0.731. The van der Waals surface area contributed by atoms with Crippen LogP contribution in [0.4, 0.5) is 0 Å². The first-order chi connectivity index (χ1) is 12.1. The molecule has 2 aromatic carbocycles. The van der Waals surface area contributed by atoms with Gasteiger partial charge in [0.1, 0.15) is 6.04 Å². The van der Waals surface area contributed by atoms with Crippen LogP contribution >= 0.6 is 23.4 Å². The average molecular weight is 372 g/mol. The molecule has 0 radical (unpaired) electrons. The number of aromatic nitrogens is 2. The van der Waals surface area contributed by atoms with Crippen LogP contribution in [-0.2, 0) is 4.79 Å². The molecule has 2 atom stereocenters. The average Bonchev–Trinajstić information content (AvgIpc) is 3.05. The van der Waals surface area contributed by atoms with E-state index in [1.54, 1.807) is 6.33 Å². The summed E-state index contributed by atoms with van der Waals surface area (Å²) in [7, 11) is 0. The van der Waals surface area contributed by atoms with Crippen molar-refractivity contribution in [3.05, 3.63) is 59.4 Å². The summed E-state index contributed by atoms with van der Waals surface area (Å²) in [6, 6.07) is 13.4. The molecule has 1 N–H and O–H groups in total. The third kappa shape index (κ3) is 3.14. The summed E-state index contributed by atoms with van der Waals surface area (Å²) in [5.74, 6) is 0.980. The number of hydrogen-bond donors (Lipinski definition) is 1. The number of carbonyl (C=O) groups excluding carboxylic acids is 1. The Bertz CT molecular complexity index is 939. The highest BCUT2D eigenvalue weighted by molar-refractivity contribution is 7.99. The molecule has 25 heavy (non-hydrogen) atoms. The van der Waals surface area contributed by atoms with Crippen molar-refractivity contribution in [1.29, 1.82) is 0 Å². The zero-order chi connectivity index (χ0) is 17.4. The Morgan fingerprint density at radius 1 is 1.36 bits per heavy atom. The fraction of sp³-hybridized carbons (Fsp3) is 0.263. The van der Waals surface area contributed by atoms with Crippen LogP contribution in [0, 0.1) is 0 Å². The fourth-order valence-electron chi connectivity index (χ4n) is 3.22. The number of fused-ring (bicyclic) bond motifs is 2. The third-order valence-corrected chi connectivity index (χ3v) is 5.96. The van der Waals surface area contributed by atoms with Crippen molar-refractivity contribution in [2.24, 2.45) is 0 Å². The molecular weight excluding hydrogens is 354 g/mol. The van der Waals surface area contributed by atoms with E-state index in [0.29, 0.717) is 5.02 Å². The molecule has 0 spiro atoms. The number of imidazole rings is 1. The van der Waals surface area contributed by atoms with Gasteiger partial charge in [-0.05, 0) is 49.2 Å². The van der Waals surface area contributed by atoms with Gasteiger partial charge in [-0.1, -0.05) is 23.7 Å². The molecule has 4 rings (SSSR count). The minimum Gasteiger partial charge on any atom is -0.347 e. The molecule has 1 aliphatic rings. The Kier molecular flexibility index (Phi) is 4.44. The van der Waals surface area contributed by atoms with Gasteiger partial charge in [-0.15, -0.1) is 11.8 Å². The number of nitrogens with one attached hydrogen (secondary N) is 1. The van der Waals surface area contributed by atoms with Crippen molar-refractivity contribution in [2.75, 3.05) is 5.75 Å². The van der Waals surface area contributed by atoms with Crippen LogP contribution in [-0.4, -0.2) is 21.2 Å². The van der Waals surface area contributed by atoms with Crippen LogP contribution in [0.5, 0.6) is 0 Å². The highest BCUT2D eigenvalue weighted by Crippen LogP contribution is 2.37. The Morgan fingerprint density at radius 3 is 3.08 bits per heavy atom. The molecule has 1 aromatic heterocycles. The number of thioether (sulfide) groups is 1. The van der Waals surface area contributed by atoms with E-state index in [1.165, 1.54) is 4.90 Å². The van der Waals surface area contributed by atoms with Crippen molar-refractivity contribution in [1.82, 2.24) is 14.9 Å². The monoisotopic (exact) mass is 371 g/mol. The molecule has 0 saturated heterocycles. The molecule has 4 nitrogen and oxygen atoms in total. The van der Waals surface area contributed by atoms with Crippen LogP contribution in [0.3, 0.4) is 0 Å². The number of para-hydroxylation sites is 2. The Morgan fingerprint density at radius 2 is 2.20 bits per heavy atom. The first-order valence-corrected chi connectivity index (χ1v) is 9.64. The lowest BCUT2D eigenvalue weighted by atomic mass is 10.0. The zero-order valence-corrected chi connectivity index (χ0v) is 15.3. The number of rotatable bonds is 3. The summed E-state index contributed by atoms with van der Waals surface area (Å²) in [5.41, 5.74) is 2.97. The van der Waals surface area contributed by atoms with E-state index in [-0.39, 0.29) is 18.0 Å². The molecular formula is C19H18ClN3OS. The summed E-state index contributed by atoms with van der Waals surface area (Å²) in [6.07, 6.45) is 2.64. The standard InChI is InChI=1S/C19H18ClN3OS/c1-12(23-11-21-16-4-2-3-5-17(16)23)19(24)22-15-8-9-25-18-7-6-13(20)10-14(15)18/h2-7,10-12,15H,8-9H2,1H3,(H,22,24)/t12-,15+/m0/s1. The fourth-order valence-corrected chi connectivity index (χ4v) is 4.51. The van der Waals surface area contributed by atoms with Crippen molar-refractivity contribution in [3.63, 3.8) is 0 Å². The third-order valence-electron chi connectivity index (χ3n) is 4.61. The minimum atomic E-state index is -0.329. The second kappa shape index (κ2) is 6.73. The molecule has 3 aromatic rings. The lowest BCUT2D eigenvalue weighted by Crippen LogP contribution is -2.35. The first kappa shape index (κ1) is 16.5. The van der Waals surface area contributed by atoms with Gasteiger partial charge in [0.15, 0.2) is 0 Å². The smallest absolute Gasteiger partial charge is 0.243 e. The van der Waals surface area contributed by atoms with Crippen molar-refractivity contribution in [3.8, 4) is 0 Å². The largest absolute Gasteiger partial charge is 0.347 e. The number of amides is 1. The molecule has 128 valence electrons. The normalized spacial score (nSPS) is 17.9. The second-order valence-electron chi connectivity index (χ2n) is 6.20. The first-order valence-electron chi connectivity index (χ1n) is 8.27. The summed E-state index contributed by atoms with van der Waals surface area (Å²) < 4.78 is 1.92. The van der Waals surface area contributed by atoms with Crippen LogP contribution in [0.2, 0.25) is 5.02 Å². The summed E-state index contributed by atoms with van der Waals surface area (Å²) in [5, 5.41) is 3.90. The predicted molar refractivity (Wildman–Crippen MR) is 102 cm³/mol. The number of halogens is 1. The van der Waals surface area contributed by atoms with Crippen molar-refractivity contribution >= 4 is 40.3 Å². The molecule has 0 bridgehead atoms.